The van der Waals surface area contributed by atoms with Gasteiger partial charge in [-0.25, -0.2) is 0 Å². The van der Waals surface area contributed by atoms with Crippen LogP contribution in [-0.4, -0.2) is 4.98 Å². The molecule has 21 heavy (non-hydrogen) atoms. The largest absolute Gasteiger partial charge is 0.455 e. The summed E-state index contributed by atoms with van der Waals surface area (Å²) >= 11 is 9.40. The average molecular weight is 364 g/mol. The fraction of sp³-hybridized carbons (Fsp3) is 0.0625. The summed E-state index contributed by atoms with van der Waals surface area (Å²) in [6.45, 7) is 1.93. The Labute approximate surface area is 135 Å². The molecule has 0 saturated carbocycles. The van der Waals surface area contributed by atoms with Gasteiger partial charge in [-0.05, 0) is 59.3 Å². The van der Waals surface area contributed by atoms with Crippen LogP contribution in [0.4, 0.5) is 5.69 Å². The Morgan fingerprint density at radius 2 is 1.90 bits per heavy atom. The van der Waals surface area contributed by atoms with E-state index in [2.05, 4.69) is 20.9 Å². The van der Waals surface area contributed by atoms with Gasteiger partial charge < -0.3 is 10.5 Å². The molecule has 1 aromatic heterocycles. The van der Waals surface area contributed by atoms with E-state index in [-0.39, 0.29) is 0 Å². The minimum absolute atomic E-state index is 0.647. The van der Waals surface area contributed by atoms with Crippen LogP contribution in [0.2, 0.25) is 5.02 Å². The maximum absolute atomic E-state index is 6.01. The van der Waals surface area contributed by atoms with E-state index in [1.807, 2.05) is 37.3 Å². The Morgan fingerprint density at radius 1 is 1.10 bits per heavy atom. The lowest BCUT2D eigenvalue weighted by Gasteiger charge is -2.12. The summed E-state index contributed by atoms with van der Waals surface area (Å²) in [5.41, 5.74) is 8.27. The second-order valence-corrected chi connectivity index (χ2v) is 6.01. The van der Waals surface area contributed by atoms with Crippen molar-refractivity contribution in [2.45, 2.75) is 6.92 Å². The Kier molecular flexibility index (Phi) is 3.74. The number of anilines is 1. The molecule has 106 valence electrons. The number of hydrogen-bond acceptors (Lipinski definition) is 3. The van der Waals surface area contributed by atoms with Crippen molar-refractivity contribution in [2.24, 2.45) is 0 Å². The molecule has 0 radical (unpaired) electrons. The molecular formula is C16H12BrClN2O. The van der Waals surface area contributed by atoms with Crippen molar-refractivity contribution in [1.29, 1.82) is 0 Å². The molecule has 5 heteroatoms. The standard InChI is InChI=1S/C16H12BrClN2O/c1-9-6-16(12-8-11(19)3-4-14(12)20-9)21-15-5-2-10(18)7-13(15)17/h2-8H,19H2,1H3. The fourth-order valence-corrected chi connectivity index (χ4v) is 2.86. The predicted octanol–water partition coefficient (Wildman–Crippen LogP) is 5.33. The first-order chi connectivity index (χ1) is 10.0. The van der Waals surface area contributed by atoms with E-state index in [0.717, 1.165) is 21.1 Å². The summed E-state index contributed by atoms with van der Waals surface area (Å²) in [4.78, 5) is 4.49. The Bertz CT molecular complexity index is 836. The summed E-state index contributed by atoms with van der Waals surface area (Å²) in [6, 6.07) is 12.9. The van der Waals surface area contributed by atoms with Gasteiger partial charge in [-0.1, -0.05) is 11.6 Å². The molecular weight excluding hydrogens is 352 g/mol. The minimum atomic E-state index is 0.647. The van der Waals surface area contributed by atoms with Crippen LogP contribution in [-0.2, 0) is 0 Å². The number of hydrogen-bond donors (Lipinski definition) is 1. The second kappa shape index (κ2) is 5.54. The SMILES string of the molecule is Cc1cc(Oc2ccc(Cl)cc2Br)c2cc(N)ccc2n1. The molecule has 0 bridgehead atoms. The highest BCUT2D eigenvalue weighted by Crippen LogP contribution is 2.35. The summed E-state index contributed by atoms with van der Waals surface area (Å²) < 4.78 is 6.81. The van der Waals surface area contributed by atoms with Crippen LogP contribution >= 0.6 is 27.5 Å². The summed E-state index contributed by atoms with van der Waals surface area (Å²) in [5, 5.41) is 1.52. The molecule has 0 amide bonds. The number of aryl methyl sites for hydroxylation is 1. The van der Waals surface area contributed by atoms with Crippen LogP contribution in [0.5, 0.6) is 11.5 Å². The van der Waals surface area contributed by atoms with E-state index in [1.165, 1.54) is 0 Å². The molecule has 3 aromatic rings. The van der Waals surface area contributed by atoms with Crippen LogP contribution in [0.3, 0.4) is 0 Å². The normalized spacial score (nSPS) is 10.8. The van der Waals surface area contributed by atoms with Crippen LogP contribution in [0.1, 0.15) is 5.69 Å². The van der Waals surface area contributed by atoms with Gasteiger partial charge in [0.1, 0.15) is 11.5 Å². The maximum Gasteiger partial charge on any atom is 0.141 e. The smallest absolute Gasteiger partial charge is 0.141 e. The summed E-state index contributed by atoms with van der Waals surface area (Å²) in [5.74, 6) is 1.40. The number of rotatable bonds is 2. The van der Waals surface area contributed by atoms with Crippen molar-refractivity contribution in [3.05, 3.63) is 57.7 Å². The van der Waals surface area contributed by atoms with Gasteiger partial charge in [0.05, 0.1) is 9.99 Å². The molecule has 0 atom stereocenters. The van der Waals surface area contributed by atoms with E-state index in [0.29, 0.717) is 22.2 Å². The van der Waals surface area contributed by atoms with Gasteiger partial charge in [-0.2, -0.15) is 0 Å². The molecule has 0 aliphatic rings. The van der Waals surface area contributed by atoms with Crippen LogP contribution in [0.15, 0.2) is 46.9 Å². The van der Waals surface area contributed by atoms with E-state index in [1.54, 1.807) is 12.1 Å². The molecule has 1 heterocycles. The summed E-state index contributed by atoms with van der Waals surface area (Å²) in [6.07, 6.45) is 0. The zero-order valence-electron chi connectivity index (χ0n) is 11.2. The zero-order chi connectivity index (χ0) is 15.0. The van der Waals surface area contributed by atoms with Gasteiger partial charge in [0.25, 0.3) is 0 Å². The topological polar surface area (TPSA) is 48.1 Å². The Hall–Kier alpha value is -1.78. The lowest BCUT2D eigenvalue weighted by Crippen LogP contribution is -1.93. The molecule has 0 spiro atoms. The molecule has 0 unspecified atom stereocenters. The van der Waals surface area contributed by atoms with Gasteiger partial charge in [0.15, 0.2) is 0 Å². The number of benzene rings is 2. The first-order valence-electron chi connectivity index (χ1n) is 6.33. The third kappa shape index (κ3) is 2.96. The molecule has 2 aromatic carbocycles. The van der Waals surface area contributed by atoms with Gasteiger partial charge in [-0.3, -0.25) is 4.98 Å². The fourth-order valence-electron chi connectivity index (χ4n) is 2.10. The number of ether oxygens (including phenoxy) is 1. The first kappa shape index (κ1) is 14.2. The van der Waals surface area contributed by atoms with Crippen molar-refractivity contribution in [3.8, 4) is 11.5 Å². The molecule has 0 fully saturated rings. The third-order valence-electron chi connectivity index (χ3n) is 3.04. The number of nitrogen functional groups attached to an aromatic ring is 1. The van der Waals surface area contributed by atoms with Crippen molar-refractivity contribution < 1.29 is 4.74 Å². The number of pyridine rings is 1. The molecule has 0 saturated heterocycles. The van der Waals surface area contributed by atoms with Gasteiger partial charge >= 0.3 is 0 Å². The molecule has 0 aliphatic heterocycles. The van der Waals surface area contributed by atoms with Crippen molar-refractivity contribution in [2.75, 3.05) is 5.73 Å². The molecule has 3 nitrogen and oxygen atoms in total. The van der Waals surface area contributed by atoms with E-state index < -0.39 is 0 Å². The third-order valence-corrected chi connectivity index (χ3v) is 3.89. The maximum atomic E-state index is 6.01. The van der Waals surface area contributed by atoms with E-state index in [9.17, 15) is 0 Å². The lowest BCUT2D eigenvalue weighted by atomic mass is 10.1. The Balaban J connectivity index is 2.13. The lowest BCUT2D eigenvalue weighted by molar-refractivity contribution is 0.484. The van der Waals surface area contributed by atoms with Gasteiger partial charge in [-0.15, -0.1) is 0 Å². The number of halogens is 2. The second-order valence-electron chi connectivity index (χ2n) is 4.72. The van der Waals surface area contributed by atoms with Gasteiger partial charge in [0, 0.05) is 27.9 Å². The quantitative estimate of drug-likeness (QED) is 0.626. The highest BCUT2D eigenvalue weighted by molar-refractivity contribution is 9.10. The number of fused-ring (bicyclic) bond motifs is 1. The zero-order valence-corrected chi connectivity index (χ0v) is 13.6. The first-order valence-corrected chi connectivity index (χ1v) is 7.50. The highest BCUT2D eigenvalue weighted by atomic mass is 79.9. The van der Waals surface area contributed by atoms with Crippen LogP contribution < -0.4 is 10.5 Å². The minimum Gasteiger partial charge on any atom is -0.455 e. The number of nitrogens with two attached hydrogens (primary N) is 1. The molecule has 0 aliphatic carbocycles. The molecule has 2 N–H and O–H groups in total. The predicted molar refractivity (Wildman–Crippen MR) is 90.1 cm³/mol. The van der Waals surface area contributed by atoms with Crippen LogP contribution in [0.25, 0.3) is 10.9 Å². The molecule has 3 rings (SSSR count). The van der Waals surface area contributed by atoms with Crippen molar-refractivity contribution >= 4 is 44.1 Å². The monoisotopic (exact) mass is 362 g/mol. The van der Waals surface area contributed by atoms with E-state index in [4.69, 9.17) is 22.1 Å². The van der Waals surface area contributed by atoms with Crippen molar-refractivity contribution in [3.63, 3.8) is 0 Å². The summed E-state index contributed by atoms with van der Waals surface area (Å²) in [7, 11) is 0. The van der Waals surface area contributed by atoms with Gasteiger partial charge in [0.2, 0.25) is 0 Å². The number of nitrogens with zero attached hydrogens (tertiary/aromatic N) is 1. The average Bonchev–Trinajstić information content (AvgIpc) is 2.42. The Morgan fingerprint density at radius 3 is 2.67 bits per heavy atom. The number of aromatic nitrogens is 1. The van der Waals surface area contributed by atoms with Crippen molar-refractivity contribution in [1.82, 2.24) is 4.98 Å². The highest BCUT2D eigenvalue weighted by Gasteiger charge is 2.09. The van der Waals surface area contributed by atoms with Crippen LogP contribution in [0, 0.1) is 6.92 Å². The van der Waals surface area contributed by atoms with E-state index >= 15 is 0 Å².